The third kappa shape index (κ3) is 2.47. The summed E-state index contributed by atoms with van der Waals surface area (Å²) >= 11 is 0. The molecule has 1 aromatic carbocycles. The van der Waals surface area contributed by atoms with Crippen molar-refractivity contribution in [1.82, 2.24) is 0 Å². The van der Waals surface area contributed by atoms with Crippen LogP contribution in [0.3, 0.4) is 0 Å². The molecule has 0 spiro atoms. The summed E-state index contributed by atoms with van der Waals surface area (Å²) in [4.78, 5) is 2.60. The van der Waals surface area contributed by atoms with Crippen LogP contribution >= 0.6 is 0 Å². The maximum Gasteiger partial charge on any atom is 0.0430 e. The molecule has 1 aliphatic heterocycles. The highest BCUT2D eigenvalue weighted by atomic mass is 15.2. The number of hydrogen-bond acceptors (Lipinski definition) is 2. The van der Waals surface area contributed by atoms with Crippen molar-refractivity contribution >= 4 is 5.69 Å². The van der Waals surface area contributed by atoms with Gasteiger partial charge in [0.2, 0.25) is 0 Å². The fraction of sp³-hybridized carbons (Fsp3) is 0.600. The number of anilines is 1. The van der Waals surface area contributed by atoms with Crippen LogP contribution in [0.15, 0.2) is 18.2 Å². The number of para-hydroxylation sites is 1. The Balaban J connectivity index is 2.32. The van der Waals surface area contributed by atoms with Gasteiger partial charge in [-0.2, -0.15) is 0 Å². The molecule has 2 N–H and O–H groups in total. The highest BCUT2D eigenvalue weighted by Crippen LogP contribution is 2.33. The van der Waals surface area contributed by atoms with E-state index in [-0.39, 0.29) is 0 Å². The number of nitrogens with two attached hydrogens (primary N) is 1. The smallest absolute Gasteiger partial charge is 0.0430 e. The van der Waals surface area contributed by atoms with E-state index in [1.807, 2.05) is 0 Å². The Morgan fingerprint density at radius 1 is 1.41 bits per heavy atom. The number of benzene rings is 1. The summed E-state index contributed by atoms with van der Waals surface area (Å²) < 4.78 is 0. The molecule has 1 unspecified atom stereocenters. The van der Waals surface area contributed by atoms with Crippen molar-refractivity contribution in [3.63, 3.8) is 0 Å². The second kappa shape index (κ2) is 5.54. The largest absolute Gasteiger partial charge is 0.368 e. The van der Waals surface area contributed by atoms with Crippen LogP contribution in [0.4, 0.5) is 5.69 Å². The SMILES string of the molecule is CCc1cccc(C)c1N1CCCC1CCN. The Labute approximate surface area is 105 Å². The minimum Gasteiger partial charge on any atom is -0.368 e. The summed E-state index contributed by atoms with van der Waals surface area (Å²) in [7, 11) is 0. The molecule has 0 radical (unpaired) electrons. The lowest BCUT2D eigenvalue weighted by molar-refractivity contribution is 0.616. The molecule has 0 amide bonds. The van der Waals surface area contributed by atoms with Crippen LogP contribution < -0.4 is 10.6 Å². The van der Waals surface area contributed by atoms with Crippen molar-refractivity contribution in [2.45, 2.75) is 45.6 Å². The van der Waals surface area contributed by atoms with E-state index in [2.05, 4.69) is 36.9 Å². The summed E-state index contributed by atoms with van der Waals surface area (Å²) in [6.45, 7) is 6.47. The van der Waals surface area contributed by atoms with Crippen molar-refractivity contribution in [3.05, 3.63) is 29.3 Å². The van der Waals surface area contributed by atoms with Gasteiger partial charge in [-0.3, -0.25) is 0 Å². The Bertz CT molecular complexity index is 373. The Kier molecular flexibility index (Phi) is 4.06. The van der Waals surface area contributed by atoms with E-state index in [1.54, 1.807) is 0 Å². The molecule has 1 aliphatic rings. The second-order valence-corrected chi connectivity index (χ2v) is 5.00. The predicted molar refractivity (Wildman–Crippen MR) is 74.6 cm³/mol. The summed E-state index contributed by atoms with van der Waals surface area (Å²) in [6, 6.07) is 7.32. The molecule has 94 valence electrons. The van der Waals surface area contributed by atoms with Gasteiger partial charge >= 0.3 is 0 Å². The predicted octanol–water partition coefficient (Wildman–Crippen LogP) is 2.88. The van der Waals surface area contributed by atoms with Crippen LogP contribution in [0, 0.1) is 6.92 Å². The molecule has 0 bridgehead atoms. The van der Waals surface area contributed by atoms with Crippen LogP contribution in [-0.2, 0) is 6.42 Å². The standard InChI is InChI=1S/C15H24N2/c1-3-13-7-4-6-12(2)15(13)17-11-5-8-14(17)9-10-16/h4,6-7,14H,3,5,8-11,16H2,1-2H3. The quantitative estimate of drug-likeness (QED) is 0.865. The number of rotatable bonds is 4. The first-order valence-electron chi connectivity index (χ1n) is 6.83. The van der Waals surface area contributed by atoms with Crippen LogP contribution in [0.2, 0.25) is 0 Å². The fourth-order valence-electron chi connectivity index (χ4n) is 3.04. The molecule has 2 nitrogen and oxygen atoms in total. The van der Waals surface area contributed by atoms with Crippen LogP contribution in [0.1, 0.15) is 37.3 Å². The third-order valence-electron chi connectivity index (χ3n) is 3.87. The lowest BCUT2D eigenvalue weighted by Gasteiger charge is -2.30. The van der Waals surface area contributed by atoms with E-state index in [4.69, 9.17) is 5.73 Å². The van der Waals surface area contributed by atoms with Gasteiger partial charge in [0.1, 0.15) is 0 Å². The Morgan fingerprint density at radius 2 is 2.24 bits per heavy atom. The van der Waals surface area contributed by atoms with Gasteiger partial charge < -0.3 is 10.6 Å². The normalized spacial score (nSPS) is 19.9. The lowest BCUT2D eigenvalue weighted by Crippen LogP contribution is -2.32. The zero-order chi connectivity index (χ0) is 12.3. The zero-order valence-corrected chi connectivity index (χ0v) is 11.1. The molecule has 1 fully saturated rings. The Hall–Kier alpha value is -1.02. The zero-order valence-electron chi connectivity index (χ0n) is 11.1. The average Bonchev–Trinajstić information content (AvgIpc) is 2.77. The van der Waals surface area contributed by atoms with Gasteiger partial charge in [-0.25, -0.2) is 0 Å². The van der Waals surface area contributed by atoms with Gasteiger partial charge in [0.05, 0.1) is 0 Å². The molecule has 0 aliphatic carbocycles. The lowest BCUT2D eigenvalue weighted by atomic mass is 10.0. The summed E-state index contributed by atoms with van der Waals surface area (Å²) in [5.41, 5.74) is 10.1. The molecule has 1 atom stereocenters. The first-order chi connectivity index (χ1) is 8.27. The number of aryl methyl sites for hydroxylation is 2. The van der Waals surface area contributed by atoms with Gasteiger partial charge in [-0.1, -0.05) is 25.1 Å². The summed E-state index contributed by atoms with van der Waals surface area (Å²) in [5.74, 6) is 0. The van der Waals surface area contributed by atoms with Gasteiger partial charge in [0.15, 0.2) is 0 Å². The monoisotopic (exact) mass is 232 g/mol. The van der Waals surface area contributed by atoms with E-state index in [0.29, 0.717) is 6.04 Å². The summed E-state index contributed by atoms with van der Waals surface area (Å²) in [6.07, 6.45) is 4.84. The highest BCUT2D eigenvalue weighted by Gasteiger charge is 2.26. The molecule has 0 saturated carbocycles. The van der Waals surface area contributed by atoms with Crippen molar-refractivity contribution < 1.29 is 0 Å². The van der Waals surface area contributed by atoms with Crippen LogP contribution in [0.25, 0.3) is 0 Å². The summed E-state index contributed by atoms with van der Waals surface area (Å²) in [5, 5.41) is 0. The minimum absolute atomic E-state index is 0.659. The number of hydrogen-bond donors (Lipinski definition) is 1. The van der Waals surface area contributed by atoms with E-state index in [1.165, 1.54) is 36.2 Å². The molecule has 2 heteroatoms. The molecule has 17 heavy (non-hydrogen) atoms. The minimum atomic E-state index is 0.659. The maximum atomic E-state index is 5.73. The first kappa shape index (κ1) is 12.4. The fourth-order valence-corrected chi connectivity index (χ4v) is 3.04. The van der Waals surface area contributed by atoms with Crippen LogP contribution in [-0.4, -0.2) is 19.1 Å². The van der Waals surface area contributed by atoms with E-state index >= 15 is 0 Å². The van der Waals surface area contributed by atoms with Crippen molar-refractivity contribution in [2.24, 2.45) is 5.73 Å². The van der Waals surface area contributed by atoms with Crippen molar-refractivity contribution in [1.29, 1.82) is 0 Å². The van der Waals surface area contributed by atoms with Crippen molar-refractivity contribution in [3.8, 4) is 0 Å². The van der Waals surface area contributed by atoms with Crippen molar-refractivity contribution in [2.75, 3.05) is 18.0 Å². The maximum absolute atomic E-state index is 5.73. The number of nitrogens with zero attached hydrogens (tertiary/aromatic N) is 1. The molecular formula is C15H24N2. The average molecular weight is 232 g/mol. The molecular weight excluding hydrogens is 208 g/mol. The van der Waals surface area contributed by atoms with Gasteiger partial charge in [0, 0.05) is 18.3 Å². The van der Waals surface area contributed by atoms with E-state index in [9.17, 15) is 0 Å². The van der Waals surface area contributed by atoms with Gasteiger partial charge in [-0.15, -0.1) is 0 Å². The topological polar surface area (TPSA) is 29.3 Å². The van der Waals surface area contributed by atoms with Crippen LogP contribution in [0.5, 0.6) is 0 Å². The molecule has 1 aromatic rings. The molecule has 1 heterocycles. The van der Waals surface area contributed by atoms with E-state index < -0.39 is 0 Å². The van der Waals surface area contributed by atoms with Gasteiger partial charge in [0.25, 0.3) is 0 Å². The Morgan fingerprint density at radius 3 is 2.94 bits per heavy atom. The molecule has 2 rings (SSSR count). The second-order valence-electron chi connectivity index (χ2n) is 5.00. The molecule has 1 saturated heterocycles. The van der Waals surface area contributed by atoms with Gasteiger partial charge in [-0.05, 0) is 50.3 Å². The first-order valence-corrected chi connectivity index (χ1v) is 6.83. The molecule has 0 aromatic heterocycles. The highest BCUT2D eigenvalue weighted by molar-refractivity contribution is 5.60. The third-order valence-corrected chi connectivity index (χ3v) is 3.87. The van der Waals surface area contributed by atoms with E-state index in [0.717, 1.165) is 19.4 Å².